The molecule has 2 aliphatic rings. The summed E-state index contributed by atoms with van der Waals surface area (Å²) in [6, 6.07) is -0.0253. The predicted molar refractivity (Wildman–Crippen MR) is 81.1 cm³/mol. The topological polar surface area (TPSA) is 69.6 Å². The smallest absolute Gasteiger partial charge is 0.317 e. The maximum atomic E-state index is 12.0. The van der Waals surface area contributed by atoms with Crippen LogP contribution in [0.2, 0.25) is 0 Å². The Hall–Kier alpha value is -1.26. The van der Waals surface area contributed by atoms with Gasteiger partial charge < -0.3 is 15.3 Å². The van der Waals surface area contributed by atoms with E-state index in [1.165, 1.54) is 25.7 Å². The fourth-order valence-corrected chi connectivity index (χ4v) is 3.65. The molecule has 2 N–H and O–H groups in total. The molecule has 2 unspecified atom stereocenters. The average Bonchev–Trinajstić information content (AvgIpc) is 2.47. The lowest BCUT2D eigenvalue weighted by Gasteiger charge is -2.31. The lowest BCUT2D eigenvalue weighted by Crippen LogP contribution is -2.45. The summed E-state index contributed by atoms with van der Waals surface area (Å²) in [6.45, 7) is 4.18. The van der Waals surface area contributed by atoms with Crippen molar-refractivity contribution in [3.05, 3.63) is 0 Å². The summed E-state index contributed by atoms with van der Waals surface area (Å²) in [7, 11) is 0. The molecule has 120 valence electrons. The first kappa shape index (κ1) is 16.1. The molecule has 21 heavy (non-hydrogen) atoms. The van der Waals surface area contributed by atoms with E-state index in [1.54, 1.807) is 4.90 Å². The van der Waals surface area contributed by atoms with E-state index in [2.05, 4.69) is 12.2 Å². The number of hydrogen-bond acceptors (Lipinski definition) is 2. The van der Waals surface area contributed by atoms with Gasteiger partial charge in [0.25, 0.3) is 0 Å². The van der Waals surface area contributed by atoms with Gasteiger partial charge in [-0.2, -0.15) is 0 Å². The van der Waals surface area contributed by atoms with Crippen LogP contribution in [0.15, 0.2) is 0 Å². The summed E-state index contributed by atoms with van der Waals surface area (Å²) < 4.78 is 0. The minimum absolute atomic E-state index is 0.0253. The molecule has 0 aromatic rings. The number of likely N-dealkylation sites (tertiary alicyclic amines) is 1. The van der Waals surface area contributed by atoms with Crippen molar-refractivity contribution in [1.82, 2.24) is 10.2 Å². The number of piperidine rings is 1. The fourth-order valence-electron chi connectivity index (χ4n) is 3.65. The Bertz CT molecular complexity index is 365. The molecule has 1 heterocycles. The number of carbonyl (C=O) groups excluding carboxylic acids is 1. The van der Waals surface area contributed by atoms with Crippen molar-refractivity contribution in [2.75, 3.05) is 19.6 Å². The Balaban J connectivity index is 1.62. The van der Waals surface area contributed by atoms with Gasteiger partial charge in [-0.05, 0) is 37.5 Å². The highest BCUT2D eigenvalue weighted by Crippen LogP contribution is 2.30. The Morgan fingerprint density at radius 3 is 2.52 bits per heavy atom. The van der Waals surface area contributed by atoms with Crippen LogP contribution in [0, 0.1) is 17.8 Å². The quantitative estimate of drug-likeness (QED) is 0.838. The van der Waals surface area contributed by atoms with Crippen LogP contribution in [0.1, 0.15) is 51.9 Å². The van der Waals surface area contributed by atoms with E-state index in [9.17, 15) is 9.59 Å². The van der Waals surface area contributed by atoms with Crippen molar-refractivity contribution in [1.29, 1.82) is 0 Å². The van der Waals surface area contributed by atoms with Gasteiger partial charge in [0.1, 0.15) is 0 Å². The average molecular weight is 296 g/mol. The molecule has 0 spiro atoms. The molecule has 1 saturated heterocycles. The minimum Gasteiger partial charge on any atom is -0.481 e. The number of nitrogens with one attached hydrogen (secondary N) is 1. The number of amides is 2. The first-order chi connectivity index (χ1) is 10.1. The van der Waals surface area contributed by atoms with E-state index in [0.29, 0.717) is 25.9 Å². The maximum Gasteiger partial charge on any atom is 0.317 e. The zero-order chi connectivity index (χ0) is 15.2. The number of carboxylic acids is 1. The fraction of sp³-hybridized carbons (Fsp3) is 0.875. The molecular weight excluding hydrogens is 268 g/mol. The third kappa shape index (κ3) is 4.90. The van der Waals surface area contributed by atoms with Crippen LogP contribution in [-0.4, -0.2) is 41.6 Å². The Morgan fingerprint density at radius 2 is 1.90 bits per heavy atom. The lowest BCUT2D eigenvalue weighted by atomic mass is 9.81. The molecule has 2 fully saturated rings. The highest BCUT2D eigenvalue weighted by Gasteiger charge is 2.27. The van der Waals surface area contributed by atoms with E-state index in [1.807, 2.05) is 0 Å². The molecule has 2 amide bonds. The SMILES string of the molecule is CC1CCCC(CCNC(=O)N2CCC(C(=O)O)CC2)C1. The monoisotopic (exact) mass is 296 g/mol. The molecule has 1 aliphatic heterocycles. The molecule has 1 saturated carbocycles. The largest absolute Gasteiger partial charge is 0.481 e. The normalized spacial score (nSPS) is 27.4. The summed E-state index contributed by atoms with van der Waals surface area (Å²) in [4.78, 5) is 24.7. The molecule has 2 rings (SSSR count). The van der Waals surface area contributed by atoms with Gasteiger partial charge in [0, 0.05) is 19.6 Å². The van der Waals surface area contributed by atoms with Crippen LogP contribution in [0.25, 0.3) is 0 Å². The van der Waals surface area contributed by atoms with Crippen molar-refractivity contribution in [2.24, 2.45) is 17.8 Å². The second-order valence-electron chi connectivity index (χ2n) is 6.76. The van der Waals surface area contributed by atoms with Gasteiger partial charge >= 0.3 is 12.0 Å². The van der Waals surface area contributed by atoms with Gasteiger partial charge in [-0.15, -0.1) is 0 Å². The molecule has 0 aromatic heterocycles. The van der Waals surface area contributed by atoms with Crippen LogP contribution < -0.4 is 5.32 Å². The summed E-state index contributed by atoms with van der Waals surface area (Å²) in [6.07, 6.45) is 7.47. The van der Waals surface area contributed by atoms with E-state index < -0.39 is 5.97 Å². The third-order valence-electron chi connectivity index (χ3n) is 5.01. The Morgan fingerprint density at radius 1 is 1.19 bits per heavy atom. The molecule has 1 aliphatic carbocycles. The zero-order valence-corrected chi connectivity index (χ0v) is 13.0. The zero-order valence-electron chi connectivity index (χ0n) is 13.0. The predicted octanol–water partition coefficient (Wildman–Crippen LogP) is 2.71. The summed E-state index contributed by atoms with van der Waals surface area (Å²) in [5, 5.41) is 11.9. The van der Waals surface area contributed by atoms with Crippen molar-refractivity contribution < 1.29 is 14.7 Å². The van der Waals surface area contributed by atoms with Crippen molar-refractivity contribution >= 4 is 12.0 Å². The Labute approximate surface area is 127 Å². The van der Waals surface area contributed by atoms with Crippen molar-refractivity contribution in [2.45, 2.75) is 51.9 Å². The van der Waals surface area contributed by atoms with Crippen LogP contribution in [0.4, 0.5) is 4.79 Å². The first-order valence-electron chi connectivity index (χ1n) is 8.32. The second-order valence-corrected chi connectivity index (χ2v) is 6.76. The Kier molecular flexibility index (Phi) is 5.88. The standard InChI is InChI=1S/C16H28N2O3/c1-12-3-2-4-13(11-12)5-8-17-16(21)18-9-6-14(7-10-18)15(19)20/h12-14H,2-11H2,1H3,(H,17,21)(H,19,20). The highest BCUT2D eigenvalue weighted by molar-refractivity contribution is 5.75. The van der Waals surface area contributed by atoms with Gasteiger partial charge in [-0.1, -0.05) is 26.2 Å². The lowest BCUT2D eigenvalue weighted by molar-refractivity contribution is -0.143. The number of rotatable bonds is 4. The van der Waals surface area contributed by atoms with E-state index in [-0.39, 0.29) is 11.9 Å². The molecule has 5 nitrogen and oxygen atoms in total. The van der Waals surface area contributed by atoms with Crippen LogP contribution in [-0.2, 0) is 4.79 Å². The molecule has 5 heteroatoms. The second kappa shape index (κ2) is 7.66. The molecule has 2 atom stereocenters. The molecule has 0 radical (unpaired) electrons. The maximum absolute atomic E-state index is 12.0. The molecular formula is C16H28N2O3. The van der Waals surface area contributed by atoms with Crippen LogP contribution in [0.5, 0.6) is 0 Å². The van der Waals surface area contributed by atoms with Gasteiger partial charge in [0.2, 0.25) is 0 Å². The van der Waals surface area contributed by atoms with Crippen molar-refractivity contribution in [3.8, 4) is 0 Å². The van der Waals surface area contributed by atoms with Gasteiger partial charge in [0.15, 0.2) is 0 Å². The van der Waals surface area contributed by atoms with Crippen LogP contribution in [0.3, 0.4) is 0 Å². The van der Waals surface area contributed by atoms with Gasteiger partial charge in [-0.3, -0.25) is 4.79 Å². The van der Waals surface area contributed by atoms with E-state index in [0.717, 1.165) is 24.8 Å². The minimum atomic E-state index is -0.735. The summed E-state index contributed by atoms with van der Waals surface area (Å²) >= 11 is 0. The van der Waals surface area contributed by atoms with Crippen LogP contribution >= 0.6 is 0 Å². The number of carbonyl (C=O) groups is 2. The highest BCUT2D eigenvalue weighted by atomic mass is 16.4. The number of hydrogen-bond donors (Lipinski definition) is 2. The van der Waals surface area contributed by atoms with Crippen molar-refractivity contribution in [3.63, 3.8) is 0 Å². The number of nitrogens with zero attached hydrogens (tertiary/aromatic N) is 1. The van der Waals surface area contributed by atoms with E-state index in [4.69, 9.17) is 5.11 Å². The molecule has 0 aromatic carbocycles. The van der Waals surface area contributed by atoms with Gasteiger partial charge in [0.05, 0.1) is 5.92 Å². The number of urea groups is 1. The number of carboxylic acid groups (broad SMARTS) is 1. The summed E-state index contributed by atoms with van der Waals surface area (Å²) in [5.41, 5.74) is 0. The third-order valence-corrected chi connectivity index (χ3v) is 5.01. The van der Waals surface area contributed by atoms with E-state index >= 15 is 0 Å². The number of aliphatic carboxylic acids is 1. The van der Waals surface area contributed by atoms with Gasteiger partial charge in [-0.25, -0.2) is 4.79 Å². The molecule has 0 bridgehead atoms. The summed E-state index contributed by atoms with van der Waals surface area (Å²) in [5.74, 6) is 0.570. The first-order valence-corrected chi connectivity index (χ1v) is 8.32.